The van der Waals surface area contributed by atoms with Crippen LogP contribution < -0.4 is 0 Å². The third kappa shape index (κ3) is 1.22. The highest BCUT2D eigenvalue weighted by Crippen LogP contribution is 2.16. The largest absolute Gasteiger partial charge is 0.478 e. The highest BCUT2D eigenvalue weighted by molar-refractivity contribution is 6.22. The molecule has 0 radical (unpaired) electrons. The summed E-state index contributed by atoms with van der Waals surface area (Å²) in [6.45, 7) is 0.551. The Morgan fingerprint density at radius 1 is 1.57 bits per heavy atom. The molecule has 0 aromatic carbocycles. The van der Waals surface area contributed by atoms with E-state index in [9.17, 15) is 9.59 Å². The molecule has 72 valence electrons. The second kappa shape index (κ2) is 3.10. The quantitative estimate of drug-likeness (QED) is 0.601. The van der Waals surface area contributed by atoms with Crippen LogP contribution in [0.15, 0.2) is 28.9 Å². The Balaban J connectivity index is 2.37. The van der Waals surface area contributed by atoms with Gasteiger partial charge in [0.05, 0.1) is 6.54 Å². The molecule has 2 heterocycles. The monoisotopic (exact) mass is 192 g/mol. The number of rotatable bonds is 1. The molecule has 2 aliphatic rings. The van der Waals surface area contributed by atoms with Gasteiger partial charge in [-0.2, -0.15) is 0 Å². The van der Waals surface area contributed by atoms with E-state index in [1.165, 1.54) is 11.0 Å². The van der Waals surface area contributed by atoms with Crippen LogP contribution in [0.2, 0.25) is 0 Å². The molecule has 14 heavy (non-hydrogen) atoms. The highest BCUT2D eigenvalue weighted by Gasteiger charge is 2.29. The first-order chi connectivity index (χ1) is 6.70. The van der Waals surface area contributed by atoms with Crippen molar-refractivity contribution in [1.82, 2.24) is 4.90 Å². The number of nitrogens with zero attached hydrogens (tertiary/aromatic N) is 2. The number of carboxylic acid groups (broad SMARTS) is 1. The van der Waals surface area contributed by atoms with E-state index >= 15 is 0 Å². The van der Waals surface area contributed by atoms with E-state index in [1.54, 1.807) is 12.3 Å². The Morgan fingerprint density at radius 2 is 2.36 bits per heavy atom. The van der Waals surface area contributed by atoms with Crippen LogP contribution in [-0.2, 0) is 9.59 Å². The average molecular weight is 192 g/mol. The Morgan fingerprint density at radius 3 is 3.07 bits per heavy atom. The van der Waals surface area contributed by atoms with Gasteiger partial charge in [0.25, 0.3) is 5.91 Å². The Hall–Kier alpha value is -1.91. The van der Waals surface area contributed by atoms with Crippen LogP contribution in [0.25, 0.3) is 0 Å². The van der Waals surface area contributed by atoms with Crippen molar-refractivity contribution in [3.63, 3.8) is 0 Å². The number of hydrogen-bond donors (Lipinski definition) is 1. The third-order valence-electron chi connectivity index (χ3n) is 2.08. The first-order valence-electron chi connectivity index (χ1n) is 4.17. The van der Waals surface area contributed by atoms with E-state index in [0.717, 1.165) is 0 Å². The molecular weight excluding hydrogens is 184 g/mol. The zero-order valence-electron chi connectivity index (χ0n) is 7.30. The van der Waals surface area contributed by atoms with E-state index in [2.05, 4.69) is 4.99 Å². The van der Waals surface area contributed by atoms with Crippen molar-refractivity contribution >= 4 is 17.7 Å². The van der Waals surface area contributed by atoms with Crippen LogP contribution in [0.1, 0.15) is 6.42 Å². The van der Waals surface area contributed by atoms with Crippen LogP contribution in [0.5, 0.6) is 0 Å². The molecule has 1 amide bonds. The molecule has 0 fully saturated rings. The SMILES string of the molecule is O=C(O)C1=CCC2=NCC=CN2C1=O. The number of hydrogen-bond acceptors (Lipinski definition) is 3. The molecule has 0 bridgehead atoms. The lowest BCUT2D eigenvalue weighted by atomic mass is 10.1. The van der Waals surface area contributed by atoms with E-state index in [0.29, 0.717) is 18.8 Å². The standard InChI is InChI=1S/C9H8N2O3/c12-8-6(9(13)14)2-3-7-10-4-1-5-11(7)8/h1-2,5H,3-4H2,(H,13,14). The number of carbonyl (C=O) groups excluding carboxylic acids is 1. The molecule has 0 aromatic heterocycles. The predicted molar refractivity (Wildman–Crippen MR) is 48.6 cm³/mol. The van der Waals surface area contributed by atoms with Crippen molar-refractivity contribution < 1.29 is 14.7 Å². The van der Waals surface area contributed by atoms with Gasteiger partial charge >= 0.3 is 5.97 Å². The fraction of sp³-hybridized carbons (Fsp3) is 0.222. The normalized spacial score (nSPS) is 20.0. The van der Waals surface area contributed by atoms with Crippen molar-refractivity contribution in [1.29, 1.82) is 0 Å². The molecule has 0 saturated heterocycles. The lowest BCUT2D eigenvalue weighted by Gasteiger charge is -2.25. The van der Waals surface area contributed by atoms with Crippen LogP contribution in [0.4, 0.5) is 0 Å². The number of carbonyl (C=O) groups is 2. The molecule has 0 spiro atoms. The second-order valence-corrected chi connectivity index (χ2v) is 2.94. The number of amidine groups is 1. The number of aliphatic imine (C=N–C) groups is 1. The molecule has 1 N–H and O–H groups in total. The number of amides is 1. The minimum absolute atomic E-state index is 0.185. The van der Waals surface area contributed by atoms with Gasteiger partial charge in [-0.15, -0.1) is 0 Å². The summed E-state index contributed by atoms with van der Waals surface area (Å²) in [6, 6.07) is 0. The number of carboxylic acids is 1. The van der Waals surface area contributed by atoms with E-state index in [4.69, 9.17) is 5.11 Å². The van der Waals surface area contributed by atoms with Gasteiger partial charge in [0.1, 0.15) is 11.4 Å². The molecule has 0 unspecified atom stereocenters. The van der Waals surface area contributed by atoms with E-state index < -0.39 is 11.9 Å². The van der Waals surface area contributed by atoms with Gasteiger partial charge in [-0.1, -0.05) is 6.08 Å². The fourth-order valence-electron chi connectivity index (χ4n) is 1.41. The summed E-state index contributed by atoms with van der Waals surface area (Å²) in [5, 5.41) is 8.72. The van der Waals surface area contributed by atoms with Gasteiger partial charge in [-0.05, 0) is 6.08 Å². The zero-order chi connectivity index (χ0) is 10.1. The third-order valence-corrected chi connectivity index (χ3v) is 2.08. The first-order valence-corrected chi connectivity index (χ1v) is 4.17. The van der Waals surface area contributed by atoms with Gasteiger partial charge in [0.15, 0.2) is 0 Å². The van der Waals surface area contributed by atoms with Crippen molar-refractivity contribution in [2.75, 3.05) is 6.54 Å². The lowest BCUT2D eigenvalue weighted by molar-refractivity contribution is -0.136. The van der Waals surface area contributed by atoms with Crippen molar-refractivity contribution in [2.24, 2.45) is 4.99 Å². The van der Waals surface area contributed by atoms with Gasteiger partial charge in [0.2, 0.25) is 0 Å². The second-order valence-electron chi connectivity index (χ2n) is 2.94. The molecule has 5 nitrogen and oxygen atoms in total. The molecular formula is C9H8N2O3. The Kier molecular flexibility index (Phi) is 1.92. The first kappa shape index (κ1) is 8.68. The summed E-state index contributed by atoms with van der Waals surface area (Å²) in [5.41, 5.74) is -0.185. The maximum atomic E-state index is 11.5. The zero-order valence-corrected chi connectivity index (χ0v) is 7.30. The van der Waals surface area contributed by atoms with Gasteiger partial charge in [0, 0.05) is 12.6 Å². The molecule has 0 aromatic rings. The molecule has 2 aliphatic heterocycles. The smallest absolute Gasteiger partial charge is 0.341 e. The molecule has 0 saturated carbocycles. The number of aliphatic carboxylic acids is 1. The van der Waals surface area contributed by atoms with Crippen molar-refractivity contribution in [2.45, 2.75) is 6.42 Å². The maximum absolute atomic E-state index is 11.5. The molecule has 0 atom stereocenters. The predicted octanol–water partition coefficient (Wildman–Crippen LogP) is 0.156. The summed E-state index contributed by atoms with van der Waals surface area (Å²) in [4.78, 5) is 27.6. The van der Waals surface area contributed by atoms with Crippen LogP contribution in [0, 0.1) is 0 Å². The average Bonchev–Trinajstić information content (AvgIpc) is 2.18. The van der Waals surface area contributed by atoms with Crippen molar-refractivity contribution in [3.05, 3.63) is 23.9 Å². The summed E-state index contributed by atoms with van der Waals surface area (Å²) in [5.74, 6) is -1.09. The number of fused-ring (bicyclic) bond motifs is 1. The van der Waals surface area contributed by atoms with Crippen LogP contribution in [-0.4, -0.2) is 34.3 Å². The van der Waals surface area contributed by atoms with Gasteiger partial charge < -0.3 is 5.11 Å². The maximum Gasteiger partial charge on any atom is 0.341 e. The highest BCUT2D eigenvalue weighted by atomic mass is 16.4. The molecule has 5 heteroatoms. The van der Waals surface area contributed by atoms with E-state index in [-0.39, 0.29) is 5.57 Å². The minimum atomic E-state index is -1.19. The van der Waals surface area contributed by atoms with Crippen LogP contribution >= 0.6 is 0 Å². The fourth-order valence-corrected chi connectivity index (χ4v) is 1.41. The summed E-state index contributed by atoms with van der Waals surface area (Å²) in [7, 11) is 0. The summed E-state index contributed by atoms with van der Waals surface area (Å²) < 4.78 is 0. The van der Waals surface area contributed by atoms with E-state index in [1.807, 2.05) is 0 Å². The Labute approximate surface area is 80.0 Å². The topological polar surface area (TPSA) is 70.0 Å². The van der Waals surface area contributed by atoms with Gasteiger partial charge in [-0.3, -0.25) is 14.7 Å². The summed E-state index contributed by atoms with van der Waals surface area (Å²) in [6.07, 6.45) is 5.09. The minimum Gasteiger partial charge on any atom is -0.478 e. The van der Waals surface area contributed by atoms with Crippen LogP contribution in [0.3, 0.4) is 0 Å². The molecule has 0 aliphatic carbocycles. The molecule has 2 rings (SSSR count). The van der Waals surface area contributed by atoms with Gasteiger partial charge in [-0.25, -0.2) is 4.79 Å². The summed E-state index contributed by atoms with van der Waals surface area (Å²) >= 11 is 0. The van der Waals surface area contributed by atoms with Crippen molar-refractivity contribution in [3.8, 4) is 0 Å². The lowest BCUT2D eigenvalue weighted by Crippen LogP contribution is -2.39. The Bertz CT molecular complexity index is 393.